The second-order valence-electron chi connectivity index (χ2n) is 4.97. The molecule has 0 aromatic carbocycles. The van der Waals surface area contributed by atoms with Crippen LogP contribution in [-0.2, 0) is 18.3 Å². The van der Waals surface area contributed by atoms with Crippen molar-refractivity contribution in [2.45, 2.75) is 51.4 Å². The standard InChI is InChI=1S/C13H20N2O2/c1-9-13(10-6-4-3-5-7-10)11(8-12(16)17)15(2)14-9/h10H,3-8H2,1-2H3,(H,16,17). The first kappa shape index (κ1) is 12.1. The van der Waals surface area contributed by atoms with Gasteiger partial charge in [-0.2, -0.15) is 5.10 Å². The largest absolute Gasteiger partial charge is 0.481 e. The van der Waals surface area contributed by atoms with Crippen molar-refractivity contribution in [2.24, 2.45) is 7.05 Å². The van der Waals surface area contributed by atoms with Crippen LogP contribution in [0.5, 0.6) is 0 Å². The maximum atomic E-state index is 10.9. The minimum atomic E-state index is -0.773. The molecule has 0 saturated heterocycles. The number of carboxylic acids is 1. The molecule has 1 aromatic heterocycles. The van der Waals surface area contributed by atoms with E-state index in [2.05, 4.69) is 5.10 Å². The summed E-state index contributed by atoms with van der Waals surface area (Å²) in [5.74, 6) is -0.253. The third kappa shape index (κ3) is 2.51. The fourth-order valence-corrected chi connectivity index (χ4v) is 3.00. The van der Waals surface area contributed by atoms with Gasteiger partial charge in [-0.15, -0.1) is 0 Å². The van der Waals surface area contributed by atoms with Gasteiger partial charge in [0.1, 0.15) is 0 Å². The molecule has 17 heavy (non-hydrogen) atoms. The van der Waals surface area contributed by atoms with Gasteiger partial charge >= 0.3 is 5.97 Å². The molecule has 1 fully saturated rings. The summed E-state index contributed by atoms with van der Waals surface area (Å²) in [7, 11) is 1.84. The summed E-state index contributed by atoms with van der Waals surface area (Å²) >= 11 is 0. The van der Waals surface area contributed by atoms with Crippen LogP contribution in [0.25, 0.3) is 0 Å². The summed E-state index contributed by atoms with van der Waals surface area (Å²) in [4.78, 5) is 10.9. The second-order valence-corrected chi connectivity index (χ2v) is 4.97. The van der Waals surface area contributed by atoms with Gasteiger partial charge in [0.05, 0.1) is 17.8 Å². The first-order valence-corrected chi connectivity index (χ1v) is 6.33. The summed E-state index contributed by atoms with van der Waals surface area (Å²) in [6.45, 7) is 2.00. The molecule has 0 spiro atoms. The van der Waals surface area contributed by atoms with Gasteiger partial charge in [0.25, 0.3) is 0 Å². The first-order chi connectivity index (χ1) is 8.09. The summed E-state index contributed by atoms with van der Waals surface area (Å²) in [5, 5.41) is 13.4. The lowest BCUT2D eigenvalue weighted by Gasteiger charge is -2.22. The molecule has 1 N–H and O–H groups in total. The van der Waals surface area contributed by atoms with Crippen molar-refractivity contribution in [3.8, 4) is 0 Å². The zero-order valence-corrected chi connectivity index (χ0v) is 10.6. The maximum Gasteiger partial charge on any atom is 0.309 e. The Bertz CT molecular complexity index is 417. The Balaban J connectivity index is 2.33. The summed E-state index contributed by atoms with van der Waals surface area (Å²) in [5.41, 5.74) is 3.10. The minimum Gasteiger partial charge on any atom is -0.481 e. The van der Waals surface area contributed by atoms with E-state index in [9.17, 15) is 4.79 Å². The topological polar surface area (TPSA) is 55.1 Å². The summed E-state index contributed by atoms with van der Waals surface area (Å²) < 4.78 is 1.74. The van der Waals surface area contributed by atoms with E-state index < -0.39 is 5.97 Å². The Morgan fingerprint density at radius 2 is 2.06 bits per heavy atom. The smallest absolute Gasteiger partial charge is 0.309 e. The molecular formula is C13H20N2O2. The van der Waals surface area contributed by atoms with E-state index in [0.29, 0.717) is 5.92 Å². The highest BCUT2D eigenvalue weighted by molar-refractivity contribution is 5.70. The third-order valence-electron chi connectivity index (χ3n) is 3.72. The fraction of sp³-hybridized carbons (Fsp3) is 0.692. The molecule has 0 bridgehead atoms. The Kier molecular flexibility index (Phi) is 3.50. The predicted octanol–water partition coefficient (Wildman–Crippen LogP) is 2.40. The van der Waals surface area contributed by atoms with E-state index in [-0.39, 0.29) is 6.42 Å². The Morgan fingerprint density at radius 3 is 2.65 bits per heavy atom. The van der Waals surface area contributed by atoms with Crippen LogP contribution in [0.3, 0.4) is 0 Å². The van der Waals surface area contributed by atoms with Crippen LogP contribution in [-0.4, -0.2) is 20.9 Å². The van der Waals surface area contributed by atoms with Gasteiger partial charge < -0.3 is 5.11 Å². The van der Waals surface area contributed by atoms with Gasteiger partial charge in [-0.1, -0.05) is 19.3 Å². The predicted molar refractivity (Wildman–Crippen MR) is 65.1 cm³/mol. The molecule has 4 heteroatoms. The molecule has 0 amide bonds. The number of aryl methyl sites for hydroxylation is 2. The van der Waals surface area contributed by atoms with Crippen LogP contribution >= 0.6 is 0 Å². The normalized spacial score (nSPS) is 17.3. The minimum absolute atomic E-state index is 0.0865. The van der Waals surface area contributed by atoms with Crippen molar-refractivity contribution >= 4 is 5.97 Å². The van der Waals surface area contributed by atoms with Crippen LogP contribution in [0.2, 0.25) is 0 Å². The quantitative estimate of drug-likeness (QED) is 0.876. The van der Waals surface area contributed by atoms with Gasteiger partial charge in [-0.3, -0.25) is 9.48 Å². The molecule has 1 heterocycles. The van der Waals surface area contributed by atoms with Crippen molar-refractivity contribution in [3.05, 3.63) is 17.0 Å². The maximum absolute atomic E-state index is 10.9. The Hall–Kier alpha value is -1.32. The van der Waals surface area contributed by atoms with Crippen molar-refractivity contribution in [1.29, 1.82) is 0 Å². The molecule has 1 aromatic rings. The lowest BCUT2D eigenvalue weighted by Crippen LogP contribution is -2.12. The van der Waals surface area contributed by atoms with Gasteiger partial charge in [-0.25, -0.2) is 0 Å². The third-order valence-corrected chi connectivity index (χ3v) is 3.72. The zero-order chi connectivity index (χ0) is 12.4. The summed E-state index contributed by atoms with van der Waals surface area (Å²) in [6, 6.07) is 0. The first-order valence-electron chi connectivity index (χ1n) is 6.33. The fourth-order valence-electron chi connectivity index (χ4n) is 3.00. The molecule has 0 atom stereocenters. The van der Waals surface area contributed by atoms with Crippen LogP contribution in [0.1, 0.15) is 55.0 Å². The SMILES string of the molecule is Cc1nn(C)c(CC(=O)O)c1C1CCCCC1. The van der Waals surface area contributed by atoms with E-state index in [1.807, 2.05) is 14.0 Å². The van der Waals surface area contributed by atoms with E-state index >= 15 is 0 Å². The Labute approximate surface area is 102 Å². The van der Waals surface area contributed by atoms with Crippen molar-refractivity contribution in [3.63, 3.8) is 0 Å². The second kappa shape index (κ2) is 4.90. The van der Waals surface area contributed by atoms with Gasteiger partial charge in [-0.05, 0) is 31.2 Å². The van der Waals surface area contributed by atoms with Gasteiger partial charge in [0.2, 0.25) is 0 Å². The van der Waals surface area contributed by atoms with Crippen LogP contribution < -0.4 is 0 Å². The molecule has 0 aliphatic heterocycles. The molecule has 1 saturated carbocycles. The Morgan fingerprint density at radius 1 is 1.41 bits per heavy atom. The van der Waals surface area contributed by atoms with Crippen molar-refractivity contribution < 1.29 is 9.90 Å². The van der Waals surface area contributed by atoms with Crippen LogP contribution in [0, 0.1) is 6.92 Å². The van der Waals surface area contributed by atoms with E-state index in [1.165, 1.54) is 37.7 Å². The zero-order valence-electron chi connectivity index (χ0n) is 10.6. The van der Waals surface area contributed by atoms with E-state index in [0.717, 1.165) is 11.4 Å². The number of carbonyl (C=O) groups is 1. The van der Waals surface area contributed by atoms with Crippen molar-refractivity contribution in [1.82, 2.24) is 9.78 Å². The lowest BCUT2D eigenvalue weighted by molar-refractivity contribution is -0.136. The van der Waals surface area contributed by atoms with Crippen molar-refractivity contribution in [2.75, 3.05) is 0 Å². The van der Waals surface area contributed by atoms with E-state index in [1.54, 1.807) is 4.68 Å². The van der Waals surface area contributed by atoms with Gasteiger partial charge in [0, 0.05) is 7.05 Å². The average molecular weight is 236 g/mol. The summed E-state index contributed by atoms with van der Waals surface area (Å²) in [6.07, 6.45) is 6.27. The number of carboxylic acid groups (broad SMARTS) is 1. The number of nitrogens with zero attached hydrogens (tertiary/aromatic N) is 2. The molecule has 0 unspecified atom stereocenters. The van der Waals surface area contributed by atoms with E-state index in [4.69, 9.17) is 5.11 Å². The monoisotopic (exact) mass is 236 g/mol. The number of hydrogen-bond acceptors (Lipinski definition) is 2. The number of rotatable bonds is 3. The molecule has 1 aliphatic carbocycles. The van der Waals surface area contributed by atoms with Crippen LogP contribution in [0.4, 0.5) is 0 Å². The molecule has 2 rings (SSSR count). The molecule has 1 aliphatic rings. The average Bonchev–Trinajstić information content (AvgIpc) is 2.54. The number of hydrogen-bond donors (Lipinski definition) is 1. The van der Waals surface area contributed by atoms with Gasteiger partial charge in [0.15, 0.2) is 0 Å². The highest BCUT2D eigenvalue weighted by Gasteiger charge is 2.24. The molecule has 0 radical (unpaired) electrons. The number of aliphatic carboxylic acids is 1. The highest BCUT2D eigenvalue weighted by atomic mass is 16.4. The molecular weight excluding hydrogens is 216 g/mol. The molecule has 4 nitrogen and oxygen atoms in total. The number of aromatic nitrogens is 2. The highest BCUT2D eigenvalue weighted by Crippen LogP contribution is 2.36. The lowest BCUT2D eigenvalue weighted by atomic mass is 9.82. The van der Waals surface area contributed by atoms with Crippen LogP contribution in [0.15, 0.2) is 0 Å². The molecule has 94 valence electrons.